The number of hydrogen-bond donors (Lipinski definition) is 2. The van der Waals surface area contributed by atoms with Crippen LogP contribution >= 0.6 is 0 Å². The molecule has 2 N–H and O–H groups in total. The Kier molecular flexibility index (Phi) is 4.12. The average molecular weight is 248 g/mol. The lowest BCUT2D eigenvalue weighted by Crippen LogP contribution is -2.35. The Bertz CT molecular complexity index is 400. The van der Waals surface area contributed by atoms with Crippen molar-refractivity contribution in [2.75, 3.05) is 12.4 Å². The third-order valence-electron chi connectivity index (χ3n) is 3.28. The summed E-state index contributed by atoms with van der Waals surface area (Å²) >= 11 is 0. The second kappa shape index (κ2) is 5.80. The summed E-state index contributed by atoms with van der Waals surface area (Å²) in [5.41, 5.74) is 0.378. The van der Waals surface area contributed by atoms with Crippen molar-refractivity contribution < 1.29 is 4.79 Å². The van der Waals surface area contributed by atoms with Crippen LogP contribution in [0.25, 0.3) is 0 Å². The zero-order valence-electron chi connectivity index (χ0n) is 10.9. The molecule has 1 atom stereocenters. The quantitative estimate of drug-likeness (QED) is 0.806. The highest BCUT2D eigenvalue weighted by atomic mass is 16.1. The largest absolute Gasteiger partial charge is 0.372 e. The standard InChI is InChI=1S/C13H20N4O/c1-3-10(6-9-4-5-9)17-13(18)11-7-16-12(14-2)8-15-11/h7-10H,3-6H2,1-2H3,(H,14,16)(H,17,18). The van der Waals surface area contributed by atoms with Crippen molar-refractivity contribution in [2.24, 2.45) is 5.92 Å². The highest BCUT2D eigenvalue weighted by molar-refractivity contribution is 5.92. The molecule has 0 bridgehead atoms. The molecule has 1 aliphatic carbocycles. The number of carbonyl (C=O) groups excluding carboxylic acids is 1. The summed E-state index contributed by atoms with van der Waals surface area (Å²) in [7, 11) is 1.77. The fraction of sp³-hybridized carbons (Fsp3) is 0.615. The predicted molar refractivity (Wildman–Crippen MR) is 70.5 cm³/mol. The van der Waals surface area contributed by atoms with Crippen molar-refractivity contribution in [1.29, 1.82) is 0 Å². The van der Waals surface area contributed by atoms with E-state index in [0.29, 0.717) is 11.5 Å². The summed E-state index contributed by atoms with van der Waals surface area (Å²) in [5.74, 6) is 1.35. The third-order valence-corrected chi connectivity index (χ3v) is 3.28. The van der Waals surface area contributed by atoms with Gasteiger partial charge < -0.3 is 10.6 Å². The summed E-state index contributed by atoms with van der Waals surface area (Å²) in [6.45, 7) is 2.10. The Morgan fingerprint density at radius 3 is 2.72 bits per heavy atom. The minimum atomic E-state index is -0.127. The van der Waals surface area contributed by atoms with E-state index < -0.39 is 0 Å². The van der Waals surface area contributed by atoms with E-state index in [1.54, 1.807) is 13.2 Å². The van der Waals surface area contributed by atoms with Crippen molar-refractivity contribution in [3.63, 3.8) is 0 Å². The molecular weight excluding hydrogens is 228 g/mol. The second-order valence-electron chi connectivity index (χ2n) is 4.79. The van der Waals surface area contributed by atoms with Gasteiger partial charge in [0.15, 0.2) is 0 Å². The summed E-state index contributed by atoms with van der Waals surface area (Å²) < 4.78 is 0. The van der Waals surface area contributed by atoms with Crippen LogP contribution < -0.4 is 10.6 Å². The number of hydrogen-bond acceptors (Lipinski definition) is 4. The number of carbonyl (C=O) groups is 1. The van der Waals surface area contributed by atoms with Gasteiger partial charge in [-0.1, -0.05) is 19.8 Å². The highest BCUT2D eigenvalue weighted by Crippen LogP contribution is 2.34. The molecule has 0 spiro atoms. The lowest BCUT2D eigenvalue weighted by molar-refractivity contribution is 0.0927. The Morgan fingerprint density at radius 2 is 2.22 bits per heavy atom. The maximum atomic E-state index is 12.0. The molecule has 0 aromatic carbocycles. The Labute approximate surface area is 107 Å². The van der Waals surface area contributed by atoms with Crippen LogP contribution in [0.5, 0.6) is 0 Å². The summed E-state index contributed by atoms with van der Waals surface area (Å²) in [4.78, 5) is 20.2. The van der Waals surface area contributed by atoms with Gasteiger partial charge >= 0.3 is 0 Å². The lowest BCUT2D eigenvalue weighted by Gasteiger charge is -2.16. The molecule has 1 aliphatic rings. The fourth-order valence-corrected chi connectivity index (χ4v) is 1.92. The van der Waals surface area contributed by atoms with Crippen LogP contribution in [0, 0.1) is 5.92 Å². The topological polar surface area (TPSA) is 66.9 Å². The van der Waals surface area contributed by atoms with E-state index >= 15 is 0 Å². The molecule has 2 rings (SSSR count). The number of rotatable bonds is 6. The van der Waals surface area contributed by atoms with E-state index in [1.807, 2.05) is 0 Å². The normalized spacial score (nSPS) is 16.1. The van der Waals surface area contributed by atoms with Crippen molar-refractivity contribution in [3.05, 3.63) is 18.1 Å². The van der Waals surface area contributed by atoms with Crippen LogP contribution in [0.1, 0.15) is 43.1 Å². The lowest BCUT2D eigenvalue weighted by atomic mass is 10.1. The van der Waals surface area contributed by atoms with Gasteiger partial charge in [0, 0.05) is 13.1 Å². The monoisotopic (exact) mass is 248 g/mol. The van der Waals surface area contributed by atoms with Crippen LogP contribution in [0.4, 0.5) is 5.82 Å². The number of anilines is 1. The highest BCUT2D eigenvalue weighted by Gasteiger charge is 2.25. The predicted octanol–water partition coefficient (Wildman–Crippen LogP) is 1.83. The number of nitrogens with zero attached hydrogens (tertiary/aromatic N) is 2. The van der Waals surface area contributed by atoms with Gasteiger partial charge in [-0.3, -0.25) is 4.79 Å². The van der Waals surface area contributed by atoms with Crippen molar-refractivity contribution in [3.8, 4) is 0 Å². The molecule has 1 amide bonds. The first-order valence-corrected chi connectivity index (χ1v) is 6.53. The number of nitrogens with one attached hydrogen (secondary N) is 2. The van der Waals surface area contributed by atoms with Gasteiger partial charge in [-0.25, -0.2) is 9.97 Å². The van der Waals surface area contributed by atoms with Crippen molar-refractivity contribution >= 4 is 11.7 Å². The van der Waals surface area contributed by atoms with E-state index in [0.717, 1.165) is 18.8 Å². The van der Waals surface area contributed by atoms with Crippen molar-refractivity contribution in [1.82, 2.24) is 15.3 Å². The summed E-state index contributed by atoms with van der Waals surface area (Å²) in [6.07, 6.45) is 7.74. The average Bonchev–Trinajstić information content (AvgIpc) is 3.22. The molecule has 5 nitrogen and oxygen atoms in total. The van der Waals surface area contributed by atoms with Gasteiger partial charge in [0.2, 0.25) is 0 Å². The molecule has 1 saturated carbocycles. The molecule has 1 aromatic rings. The van der Waals surface area contributed by atoms with Crippen molar-refractivity contribution in [2.45, 2.75) is 38.6 Å². The van der Waals surface area contributed by atoms with E-state index in [1.165, 1.54) is 19.0 Å². The van der Waals surface area contributed by atoms with Gasteiger partial charge in [-0.2, -0.15) is 0 Å². The Morgan fingerprint density at radius 1 is 1.44 bits per heavy atom. The first kappa shape index (κ1) is 12.8. The second-order valence-corrected chi connectivity index (χ2v) is 4.79. The molecular formula is C13H20N4O. The molecule has 1 aromatic heterocycles. The molecule has 18 heavy (non-hydrogen) atoms. The molecule has 0 radical (unpaired) electrons. The first-order valence-electron chi connectivity index (χ1n) is 6.53. The van der Waals surface area contributed by atoms with E-state index in [2.05, 4.69) is 27.5 Å². The van der Waals surface area contributed by atoms with Crippen LogP contribution in [-0.2, 0) is 0 Å². The van der Waals surface area contributed by atoms with Gasteiger partial charge in [0.1, 0.15) is 11.5 Å². The number of aromatic nitrogens is 2. The van der Waals surface area contributed by atoms with Gasteiger partial charge in [-0.05, 0) is 18.8 Å². The molecule has 0 saturated heterocycles. The minimum absolute atomic E-state index is 0.127. The molecule has 0 aliphatic heterocycles. The maximum Gasteiger partial charge on any atom is 0.271 e. The smallest absolute Gasteiger partial charge is 0.271 e. The zero-order valence-corrected chi connectivity index (χ0v) is 10.9. The van der Waals surface area contributed by atoms with E-state index in [4.69, 9.17) is 0 Å². The van der Waals surface area contributed by atoms with Crippen LogP contribution in [0.3, 0.4) is 0 Å². The van der Waals surface area contributed by atoms with E-state index in [9.17, 15) is 4.79 Å². The molecule has 5 heteroatoms. The molecule has 98 valence electrons. The third kappa shape index (κ3) is 3.42. The Balaban J connectivity index is 1.91. The summed E-state index contributed by atoms with van der Waals surface area (Å²) in [6, 6.07) is 0.260. The van der Waals surface area contributed by atoms with Crippen LogP contribution in [0.15, 0.2) is 12.4 Å². The molecule has 1 unspecified atom stereocenters. The van der Waals surface area contributed by atoms with Gasteiger partial charge in [-0.15, -0.1) is 0 Å². The van der Waals surface area contributed by atoms with E-state index in [-0.39, 0.29) is 11.9 Å². The SMILES string of the molecule is CCC(CC1CC1)NC(=O)c1cnc(NC)cn1. The zero-order chi connectivity index (χ0) is 13.0. The minimum Gasteiger partial charge on any atom is -0.372 e. The van der Waals surface area contributed by atoms with Gasteiger partial charge in [0.25, 0.3) is 5.91 Å². The van der Waals surface area contributed by atoms with Crippen LogP contribution in [0.2, 0.25) is 0 Å². The molecule has 1 fully saturated rings. The summed E-state index contributed by atoms with van der Waals surface area (Å²) in [5, 5.41) is 5.90. The van der Waals surface area contributed by atoms with Gasteiger partial charge in [0.05, 0.1) is 12.4 Å². The molecule has 1 heterocycles. The number of amides is 1. The maximum absolute atomic E-state index is 12.0. The van der Waals surface area contributed by atoms with Crippen LogP contribution in [-0.4, -0.2) is 29.0 Å². The fourth-order valence-electron chi connectivity index (χ4n) is 1.92. The first-order chi connectivity index (χ1) is 8.72. The Hall–Kier alpha value is -1.65.